The van der Waals surface area contributed by atoms with E-state index in [9.17, 15) is 0 Å². The molecule has 0 saturated carbocycles. The second-order valence-electron chi connectivity index (χ2n) is 3.68. The second-order valence-corrected chi connectivity index (χ2v) is 3.68. The molecule has 0 aliphatic rings. The predicted molar refractivity (Wildman–Crippen MR) is 63.9 cm³/mol. The number of aryl methyl sites for hydroxylation is 1. The Morgan fingerprint density at radius 1 is 1.44 bits per heavy atom. The molecule has 4 heteroatoms. The summed E-state index contributed by atoms with van der Waals surface area (Å²) in [5.74, 6) is 0.789. The third-order valence-corrected chi connectivity index (χ3v) is 2.31. The first-order valence-corrected chi connectivity index (χ1v) is 5.40. The number of oxime groups is 1. The van der Waals surface area contributed by atoms with Crippen LogP contribution in [0.4, 0.5) is 0 Å². The van der Waals surface area contributed by atoms with Crippen molar-refractivity contribution < 1.29 is 9.94 Å². The van der Waals surface area contributed by atoms with E-state index in [1.807, 2.05) is 24.3 Å². The molecule has 0 heterocycles. The van der Waals surface area contributed by atoms with Gasteiger partial charge in [-0.15, -0.1) is 0 Å². The Balaban J connectivity index is 2.61. The summed E-state index contributed by atoms with van der Waals surface area (Å²) in [4.78, 5) is 0. The lowest BCUT2D eigenvalue weighted by Gasteiger charge is -2.13. The predicted octanol–water partition coefficient (Wildman–Crippen LogP) is 2.15. The van der Waals surface area contributed by atoms with Gasteiger partial charge in [-0.1, -0.05) is 30.6 Å². The van der Waals surface area contributed by atoms with Crippen LogP contribution >= 0.6 is 0 Å². The number of hydrogen-bond donors (Lipinski definition) is 2. The molecule has 0 fully saturated rings. The van der Waals surface area contributed by atoms with Crippen LogP contribution in [0.2, 0.25) is 0 Å². The summed E-state index contributed by atoms with van der Waals surface area (Å²) in [5, 5.41) is 11.4. The van der Waals surface area contributed by atoms with Crippen LogP contribution in [0.5, 0.6) is 5.75 Å². The zero-order valence-electron chi connectivity index (χ0n) is 9.68. The van der Waals surface area contributed by atoms with Crippen molar-refractivity contribution in [3.05, 3.63) is 29.8 Å². The summed E-state index contributed by atoms with van der Waals surface area (Å²) < 4.78 is 5.48. The van der Waals surface area contributed by atoms with Gasteiger partial charge in [0.1, 0.15) is 5.75 Å². The van der Waals surface area contributed by atoms with Crippen LogP contribution in [0.1, 0.15) is 25.8 Å². The maximum atomic E-state index is 8.48. The number of amidine groups is 1. The summed E-state index contributed by atoms with van der Waals surface area (Å²) in [5.41, 5.74) is 6.70. The Morgan fingerprint density at radius 2 is 2.06 bits per heavy atom. The molecule has 0 bridgehead atoms. The Labute approximate surface area is 95.7 Å². The number of ether oxygens (including phenoxy) is 1. The molecule has 4 nitrogen and oxygen atoms in total. The largest absolute Gasteiger partial charge is 0.483 e. The van der Waals surface area contributed by atoms with Crippen molar-refractivity contribution in [1.82, 2.24) is 0 Å². The summed E-state index contributed by atoms with van der Waals surface area (Å²) in [6.45, 7) is 3.87. The van der Waals surface area contributed by atoms with Crippen LogP contribution in [-0.4, -0.2) is 17.1 Å². The van der Waals surface area contributed by atoms with Crippen LogP contribution in [0.25, 0.3) is 0 Å². The maximum Gasteiger partial charge on any atom is 0.180 e. The van der Waals surface area contributed by atoms with Gasteiger partial charge < -0.3 is 15.7 Å². The highest BCUT2D eigenvalue weighted by atomic mass is 16.5. The normalized spacial score (nSPS) is 13.5. The molecule has 88 valence electrons. The first kappa shape index (κ1) is 12.4. The summed E-state index contributed by atoms with van der Waals surface area (Å²) >= 11 is 0. The van der Waals surface area contributed by atoms with Crippen LogP contribution in [0, 0.1) is 0 Å². The van der Waals surface area contributed by atoms with Gasteiger partial charge in [-0.3, -0.25) is 0 Å². The average molecular weight is 222 g/mol. The van der Waals surface area contributed by atoms with Crippen molar-refractivity contribution in [2.75, 3.05) is 0 Å². The van der Waals surface area contributed by atoms with E-state index >= 15 is 0 Å². The maximum absolute atomic E-state index is 8.48. The standard InChI is InChI=1S/C12H18N2O2/c1-3-4-10-5-7-11(8-6-10)16-9(2)12(13)14-15/h5-9,15H,3-4H2,1-2H3,(H2,13,14). The summed E-state index contributed by atoms with van der Waals surface area (Å²) in [6, 6.07) is 7.84. The molecule has 0 aromatic heterocycles. The third kappa shape index (κ3) is 3.46. The second kappa shape index (κ2) is 6.00. The number of nitrogens with two attached hydrogens (primary N) is 1. The van der Waals surface area contributed by atoms with E-state index in [4.69, 9.17) is 15.7 Å². The minimum Gasteiger partial charge on any atom is -0.483 e. The van der Waals surface area contributed by atoms with E-state index in [1.54, 1.807) is 6.92 Å². The fraction of sp³-hybridized carbons (Fsp3) is 0.417. The van der Waals surface area contributed by atoms with E-state index < -0.39 is 6.10 Å². The Bertz CT molecular complexity index is 347. The lowest BCUT2D eigenvalue weighted by molar-refractivity contribution is 0.265. The van der Waals surface area contributed by atoms with Crippen LogP contribution in [-0.2, 0) is 6.42 Å². The van der Waals surface area contributed by atoms with E-state index in [1.165, 1.54) is 5.56 Å². The molecular weight excluding hydrogens is 204 g/mol. The van der Waals surface area contributed by atoms with Gasteiger partial charge in [0.05, 0.1) is 0 Å². The van der Waals surface area contributed by atoms with Gasteiger partial charge in [0, 0.05) is 0 Å². The molecule has 1 unspecified atom stereocenters. The van der Waals surface area contributed by atoms with Crippen molar-refractivity contribution in [2.45, 2.75) is 32.8 Å². The minimum absolute atomic E-state index is 0.0673. The fourth-order valence-corrected chi connectivity index (χ4v) is 1.37. The number of hydrogen-bond acceptors (Lipinski definition) is 3. The van der Waals surface area contributed by atoms with Gasteiger partial charge in [0.2, 0.25) is 0 Å². The molecule has 3 N–H and O–H groups in total. The highest BCUT2D eigenvalue weighted by Gasteiger charge is 2.08. The molecule has 1 rings (SSSR count). The highest BCUT2D eigenvalue weighted by molar-refractivity contribution is 5.84. The molecule has 0 spiro atoms. The van der Waals surface area contributed by atoms with Gasteiger partial charge in [-0.25, -0.2) is 0 Å². The van der Waals surface area contributed by atoms with E-state index in [0.29, 0.717) is 0 Å². The molecule has 1 atom stereocenters. The van der Waals surface area contributed by atoms with Gasteiger partial charge in [-0.2, -0.15) is 0 Å². The van der Waals surface area contributed by atoms with Crippen molar-refractivity contribution in [1.29, 1.82) is 0 Å². The third-order valence-electron chi connectivity index (χ3n) is 2.31. The van der Waals surface area contributed by atoms with E-state index in [0.717, 1.165) is 18.6 Å². The molecule has 0 radical (unpaired) electrons. The molecule has 1 aromatic rings. The minimum atomic E-state index is -0.429. The zero-order valence-corrected chi connectivity index (χ0v) is 9.68. The van der Waals surface area contributed by atoms with E-state index in [2.05, 4.69) is 12.1 Å². The Kier molecular flexibility index (Phi) is 4.64. The van der Waals surface area contributed by atoms with Gasteiger partial charge in [0.15, 0.2) is 11.9 Å². The topological polar surface area (TPSA) is 67.8 Å². The summed E-state index contributed by atoms with van der Waals surface area (Å²) in [6.07, 6.45) is 1.76. The van der Waals surface area contributed by atoms with Crippen molar-refractivity contribution >= 4 is 5.84 Å². The molecule has 0 saturated heterocycles. The smallest absolute Gasteiger partial charge is 0.180 e. The quantitative estimate of drug-likeness (QED) is 0.347. The SMILES string of the molecule is CCCc1ccc(OC(C)C(N)=NO)cc1. The number of nitrogens with zero attached hydrogens (tertiary/aromatic N) is 1. The van der Waals surface area contributed by atoms with Crippen molar-refractivity contribution in [3.8, 4) is 5.75 Å². The number of rotatable bonds is 5. The molecule has 16 heavy (non-hydrogen) atoms. The average Bonchev–Trinajstić information content (AvgIpc) is 2.31. The molecular formula is C12H18N2O2. The number of benzene rings is 1. The van der Waals surface area contributed by atoms with Crippen molar-refractivity contribution in [3.63, 3.8) is 0 Å². The van der Waals surface area contributed by atoms with Crippen LogP contribution in [0.15, 0.2) is 29.4 Å². The molecule has 0 amide bonds. The monoisotopic (exact) mass is 222 g/mol. The molecule has 0 aliphatic carbocycles. The zero-order chi connectivity index (χ0) is 12.0. The lowest BCUT2D eigenvalue weighted by Crippen LogP contribution is -2.31. The van der Waals surface area contributed by atoms with Gasteiger partial charge in [-0.05, 0) is 31.0 Å². The van der Waals surface area contributed by atoms with Crippen LogP contribution in [0.3, 0.4) is 0 Å². The Morgan fingerprint density at radius 3 is 2.56 bits per heavy atom. The Hall–Kier alpha value is -1.71. The first-order chi connectivity index (χ1) is 7.67. The van der Waals surface area contributed by atoms with Crippen molar-refractivity contribution in [2.24, 2.45) is 10.9 Å². The van der Waals surface area contributed by atoms with Gasteiger partial charge >= 0.3 is 0 Å². The lowest BCUT2D eigenvalue weighted by atomic mass is 10.1. The highest BCUT2D eigenvalue weighted by Crippen LogP contribution is 2.14. The fourth-order valence-electron chi connectivity index (χ4n) is 1.37. The van der Waals surface area contributed by atoms with Crippen LogP contribution < -0.4 is 10.5 Å². The summed E-state index contributed by atoms with van der Waals surface area (Å²) in [7, 11) is 0. The molecule has 1 aromatic carbocycles. The first-order valence-electron chi connectivity index (χ1n) is 5.40. The van der Waals surface area contributed by atoms with E-state index in [-0.39, 0.29) is 5.84 Å². The van der Waals surface area contributed by atoms with Gasteiger partial charge in [0.25, 0.3) is 0 Å². The molecule has 0 aliphatic heterocycles.